The molecular weight excluding hydrogens is 401 g/mol. The molecule has 8 nitrogen and oxygen atoms in total. The third-order valence-corrected chi connectivity index (χ3v) is 6.04. The van der Waals surface area contributed by atoms with E-state index in [0.29, 0.717) is 37.4 Å². The van der Waals surface area contributed by atoms with Gasteiger partial charge >= 0.3 is 0 Å². The lowest BCUT2D eigenvalue weighted by Gasteiger charge is -2.31. The molecular formula is C19H22FN3O5S. The van der Waals surface area contributed by atoms with E-state index in [1.165, 1.54) is 48.5 Å². The lowest BCUT2D eigenvalue weighted by Crippen LogP contribution is -2.46. The number of hydrogen-bond donors (Lipinski definition) is 3. The Bertz CT molecular complexity index is 927. The second-order valence-corrected chi connectivity index (χ2v) is 8.45. The number of hydroxylamine groups is 1. The van der Waals surface area contributed by atoms with Crippen LogP contribution < -0.4 is 15.0 Å². The zero-order chi connectivity index (χ0) is 20.9. The number of nitrogens with one attached hydrogen (secondary N) is 2. The average Bonchev–Trinajstić information content (AvgIpc) is 2.71. The van der Waals surface area contributed by atoms with Crippen LogP contribution in [0, 0.1) is 11.7 Å². The predicted octanol–water partition coefficient (Wildman–Crippen LogP) is 2.42. The molecule has 1 saturated heterocycles. The normalized spacial score (nSPS) is 15.8. The van der Waals surface area contributed by atoms with E-state index in [9.17, 15) is 17.6 Å². The van der Waals surface area contributed by atoms with E-state index < -0.39 is 15.9 Å². The molecule has 2 aromatic rings. The standard InChI is InChI=1S/C19H22FN3O5S/c20-15-1-3-16(4-2-15)28-17-5-7-18(8-6-17)29(26,27)22-23-11-9-14(10-12-23)13-19(24)21-25/h1-8,14,22,25H,9-13H2,(H,21,24). The van der Waals surface area contributed by atoms with Crippen LogP contribution in [0.25, 0.3) is 0 Å². The van der Waals surface area contributed by atoms with Crippen LogP contribution in [0.5, 0.6) is 11.5 Å². The summed E-state index contributed by atoms with van der Waals surface area (Å²) < 4.78 is 43.7. The van der Waals surface area contributed by atoms with Crippen molar-refractivity contribution < 1.29 is 27.5 Å². The van der Waals surface area contributed by atoms with Crippen molar-refractivity contribution in [1.82, 2.24) is 15.3 Å². The molecule has 10 heteroatoms. The minimum atomic E-state index is -3.75. The summed E-state index contributed by atoms with van der Waals surface area (Å²) in [5, 5.41) is 10.2. The maximum Gasteiger partial charge on any atom is 0.253 e. The van der Waals surface area contributed by atoms with Crippen molar-refractivity contribution in [2.24, 2.45) is 5.92 Å². The molecule has 0 atom stereocenters. The van der Waals surface area contributed by atoms with Gasteiger partial charge in [-0.15, -0.1) is 4.83 Å². The van der Waals surface area contributed by atoms with E-state index in [4.69, 9.17) is 9.94 Å². The largest absolute Gasteiger partial charge is 0.457 e. The van der Waals surface area contributed by atoms with Crippen LogP contribution in [0.1, 0.15) is 19.3 Å². The van der Waals surface area contributed by atoms with Crippen LogP contribution in [-0.4, -0.2) is 37.6 Å². The molecule has 0 bridgehead atoms. The number of hydrogen-bond acceptors (Lipinski definition) is 6. The first kappa shape index (κ1) is 21.2. The van der Waals surface area contributed by atoms with Crippen LogP contribution in [0.15, 0.2) is 53.4 Å². The number of amides is 1. The molecule has 156 valence electrons. The fraction of sp³-hybridized carbons (Fsp3) is 0.316. The molecule has 1 aliphatic rings. The Morgan fingerprint density at radius 3 is 2.17 bits per heavy atom. The lowest BCUT2D eigenvalue weighted by atomic mass is 9.94. The van der Waals surface area contributed by atoms with Crippen LogP contribution in [0.3, 0.4) is 0 Å². The van der Waals surface area contributed by atoms with Crippen LogP contribution >= 0.6 is 0 Å². The molecule has 0 saturated carbocycles. The summed E-state index contributed by atoms with van der Waals surface area (Å²) in [6.07, 6.45) is 1.49. The molecule has 1 fully saturated rings. The molecule has 2 aromatic carbocycles. The summed E-state index contributed by atoms with van der Waals surface area (Å²) in [4.78, 5) is 13.9. The number of nitrogens with zero attached hydrogens (tertiary/aromatic N) is 1. The van der Waals surface area contributed by atoms with Crippen molar-refractivity contribution in [3.63, 3.8) is 0 Å². The molecule has 0 spiro atoms. The maximum atomic E-state index is 12.9. The zero-order valence-electron chi connectivity index (χ0n) is 15.5. The molecule has 1 aliphatic heterocycles. The van der Waals surface area contributed by atoms with Gasteiger partial charge < -0.3 is 4.74 Å². The monoisotopic (exact) mass is 423 g/mol. The topological polar surface area (TPSA) is 108 Å². The van der Waals surface area contributed by atoms with E-state index in [2.05, 4.69) is 4.83 Å². The summed E-state index contributed by atoms with van der Waals surface area (Å²) in [7, 11) is -3.75. The highest BCUT2D eigenvalue weighted by molar-refractivity contribution is 7.89. The highest BCUT2D eigenvalue weighted by Crippen LogP contribution is 2.24. The fourth-order valence-electron chi connectivity index (χ4n) is 3.08. The Kier molecular flexibility index (Phi) is 6.80. The number of benzene rings is 2. The van der Waals surface area contributed by atoms with E-state index in [1.54, 1.807) is 10.5 Å². The quantitative estimate of drug-likeness (QED) is 0.466. The molecule has 0 aliphatic carbocycles. The smallest absolute Gasteiger partial charge is 0.253 e. The van der Waals surface area contributed by atoms with Gasteiger partial charge in [-0.05, 0) is 67.3 Å². The minimum Gasteiger partial charge on any atom is -0.457 e. The number of halogens is 1. The van der Waals surface area contributed by atoms with Gasteiger partial charge in [0.15, 0.2) is 0 Å². The summed E-state index contributed by atoms with van der Waals surface area (Å²) >= 11 is 0. The minimum absolute atomic E-state index is 0.0886. The van der Waals surface area contributed by atoms with Crippen LogP contribution in [0.2, 0.25) is 0 Å². The van der Waals surface area contributed by atoms with Gasteiger partial charge in [0.05, 0.1) is 4.90 Å². The first-order chi connectivity index (χ1) is 13.9. The highest BCUT2D eigenvalue weighted by Gasteiger charge is 2.25. The number of piperidine rings is 1. The van der Waals surface area contributed by atoms with Crippen molar-refractivity contribution in [3.05, 3.63) is 54.3 Å². The third-order valence-electron chi connectivity index (χ3n) is 4.65. The molecule has 0 unspecified atom stereocenters. The van der Waals surface area contributed by atoms with Crippen molar-refractivity contribution in [1.29, 1.82) is 0 Å². The molecule has 3 rings (SSSR count). The van der Waals surface area contributed by atoms with Crippen LogP contribution in [-0.2, 0) is 14.8 Å². The van der Waals surface area contributed by atoms with Crippen molar-refractivity contribution >= 4 is 15.9 Å². The molecule has 3 N–H and O–H groups in total. The van der Waals surface area contributed by atoms with Crippen molar-refractivity contribution in [2.45, 2.75) is 24.2 Å². The number of ether oxygens (including phenoxy) is 1. The molecule has 0 aromatic heterocycles. The zero-order valence-corrected chi connectivity index (χ0v) is 16.4. The first-order valence-corrected chi connectivity index (χ1v) is 10.6. The summed E-state index contributed by atoms with van der Waals surface area (Å²) in [6, 6.07) is 11.4. The van der Waals surface area contributed by atoms with Crippen molar-refractivity contribution in [2.75, 3.05) is 13.1 Å². The van der Waals surface area contributed by atoms with Gasteiger partial charge in [0, 0.05) is 19.5 Å². The third kappa shape index (κ3) is 5.97. The maximum absolute atomic E-state index is 12.9. The van der Waals surface area contributed by atoms with Gasteiger partial charge in [0.2, 0.25) is 5.91 Å². The van der Waals surface area contributed by atoms with Crippen LogP contribution in [0.4, 0.5) is 4.39 Å². The van der Waals surface area contributed by atoms with E-state index >= 15 is 0 Å². The summed E-state index contributed by atoms with van der Waals surface area (Å²) in [6.45, 7) is 0.933. The number of rotatable bonds is 7. The van der Waals surface area contributed by atoms with Gasteiger partial charge in [-0.3, -0.25) is 10.0 Å². The number of sulfonamides is 1. The molecule has 29 heavy (non-hydrogen) atoms. The van der Waals surface area contributed by atoms with Gasteiger partial charge in [-0.2, -0.15) is 0 Å². The summed E-state index contributed by atoms with van der Waals surface area (Å²) in [5.41, 5.74) is 1.61. The number of carbonyl (C=O) groups excluding carboxylic acids is 1. The second kappa shape index (κ2) is 9.31. The summed E-state index contributed by atoms with van der Waals surface area (Å²) in [5.74, 6) is 0.166. The Hall–Kier alpha value is -2.53. The van der Waals surface area contributed by atoms with Gasteiger partial charge in [-0.1, -0.05) is 0 Å². The second-order valence-electron chi connectivity index (χ2n) is 6.79. The van der Waals surface area contributed by atoms with E-state index in [0.717, 1.165) is 0 Å². The number of hydrazine groups is 1. The van der Waals surface area contributed by atoms with Gasteiger partial charge in [0.1, 0.15) is 17.3 Å². The SMILES string of the molecule is O=C(CC1CCN(NS(=O)(=O)c2ccc(Oc3ccc(F)cc3)cc2)CC1)NO. The Balaban J connectivity index is 1.55. The van der Waals surface area contributed by atoms with Gasteiger partial charge in [0.25, 0.3) is 10.0 Å². The van der Waals surface area contributed by atoms with E-state index in [-0.39, 0.29) is 23.1 Å². The predicted molar refractivity (Wildman–Crippen MR) is 102 cm³/mol. The van der Waals surface area contributed by atoms with E-state index in [1.807, 2.05) is 0 Å². The Labute approximate surface area is 168 Å². The molecule has 1 amide bonds. The Morgan fingerprint density at radius 2 is 1.62 bits per heavy atom. The lowest BCUT2D eigenvalue weighted by molar-refractivity contribution is -0.130. The molecule has 1 heterocycles. The van der Waals surface area contributed by atoms with Crippen molar-refractivity contribution in [3.8, 4) is 11.5 Å². The average molecular weight is 423 g/mol. The molecule has 0 radical (unpaired) electrons. The Morgan fingerprint density at radius 1 is 1.07 bits per heavy atom. The fourth-order valence-corrected chi connectivity index (χ4v) is 4.21. The van der Waals surface area contributed by atoms with Gasteiger partial charge in [-0.25, -0.2) is 23.3 Å². The first-order valence-electron chi connectivity index (χ1n) is 9.09. The number of carbonyl (C=O) groups is 1. The highest BCUT2D eigenvalue weighted by atomic mass is 32.2.